The van der Waals surface area contributed by atoms with Gasteiger partial charge in [-0.2, -0.15) is 10.5 Å². The molecule has 37 heavy (non-hydrogen) atoms. The first-order valence-electron chi connectivity index (χ1n) is 12.1. The van der Waals surface area contributed by atoms with Gasteiger partial charge in [0.15, 0.2) is 0 Å². The molecule has 0 aliphatic carbocycles. The van der Waals surface area contributed by atoms with Gasteiger partial charge in [0.25, 0.3) is 5.56 Å². The van der Waals surface area contributed by atoms with Crippen molar-refractivity contribution < 1.29 is 4.39 Å². The molecule has 8 heteroatoms. The number of rotatable bonds is 4. The zero-order chi connectivity index (χ0) is 26.1. The van der Waals surface area contributed by atoms with E-state index in [-0.39, 0.29) is 34.7 Å². The first-order chi connectivity index (χ1) is 17.9. The van der Waals surface area contributed by atoms with E-state index in [1.807, 2.05) is 35.2 Å². The number of hydrogen-bond acceptors (Lipinski definition) is 6. The number of hydrogen-bond donors (Lipinski definition) is 0. The van der Waals surface area contributed by atoms with Gasteiger partial charge in [0.1, 0.15) is 34.7 Å². The second kappa shape index (κ2) is 9.85. The van der Waals surface area contributed by atoms with Gasteiger partial charge >= 0.3 is 0 Å². The number of nitriles is 2. The predicted molar refractivity (Wildman–Crippen MR) is 139 cm³/mol. The normalized spacial score (nSPS) is 16.8. The Labute approximate surface area is 214 Å². The molecule has 0 saturated carbocycles. The number of aromatic nitrogens is 2. The second-order valence-electron chi connectivity index (χ2n) is 9.27. The van der Waals surface area contributed by atoms with Gasteiger partial charge in [-0.15, -0.1) is 0 Å². The third kappa shape index (κ3) is 4.33. The Bertz CT molecular complexity index is 1600. The van der Waals surface area contributed by atoms with Crippen LogP contribution in [0.25, 0.3) is 11.0 Å². The summed E-state index contributed by atoms with van der Waals surface area (Å²) in [5, 5.41) is 19.4. The van der Waals surface area contributed by atoms with E-state index in [0.717, 1.165) is 11.1 Å². The highest BCUT2D eigenvalue weighted by molar-refractivity contribution is 5.92. The molecule has 0 amide bonds. The number of halogens is 1. The van der Waals surface area contributed by atoms with Gasteiger partial charge in [0.05, 0.1) is 17.2 Å². The van der Waals surface area contributed by atoms with Crippen molar-refractivity contribution >= 4 is 16.7 Å². The quantitative estimate of drug-likeness (QED) is 0.426. The monoisotopic (exact) mass is 492 g/mol. The van der Waals surface area contributed by atoms with Crippen LogP contribution in [0.2, 0.25) is 0 Å². The fourth-order valence-electron chi connectivity index (χ4n) is 5.28. The number of anilines is 1. The van der Waals surface area contributed by atoms with E-state index < -0.39 is 0 Å². The molecule has 1 aliphatic rings. The van der Waals surface area contributed by atoms with Gasteiger partial charge < -0.3 is 9.47 Å². The molecular formula is C29H25FN6O. The van der Waals surface area contributed by atoms with E-state index in [1.54, 1.807) is 19.2 Å². The van der Waals surface area contributed by atoms with Gasteiger partial charge in [-0.3, -0.25) is 9.69 Å². The lowest BCUT2D eigenvalue weighted by Crippen LogP contribution is -2.53. The van der Waals surface area contributed by atoms with Crippen LogP contribution in [0.1, 0.15) is 35.3 Å². The van der Waals surface area contributed by atoms with Crippen LogP contribution in [-0.4, -0.2) is 40.1 Å². The number of piperazine rings is 1. The Morgan fingerprint density at radius 1 is 0.973 bits per heavy atom. The minimum atomic E-state index is -0.389. The Balaban J connectivity index is 1.56. The highest BCUT2D eigenvalue weighted by atomic mass is 19.1. The maximum absolute atomic E-state index is 13.7. The molecule has 7 nitrogen and oxygen atoms in total. The van der Waals surface area contributed by atoms with Gasteiger partial charge in [0, 0.05) is 32.7 Å². The molecule has 1 fully saturated rings. The van der Waals surface area contributed by atoms with Crippen LogP contribution in [0, 0.1) is 28.5 Å². The molecule has 5 rings (SSSR count). The molecule has 2 atom stereocenters. The van der Waals surface area contributed by atoms with E-state index in [1.165, 1.54) is 16.7 Å². The summed E-state index contributed by atoms with van der Waals surface area (Å²) in [7, 11) is 1.61. The van der Waals surface area contributed by atoms with Crippen molar-refractivity contribution in [2.45, 2.75) is 19.0 Å². The number of nitrogens with zero attached hydrogens (tertiary/aromatic N) is 6. The molecule has 2 aromatic carbocycles. The zero-order valence-corrected chi connectivity index (χ0v) is 20.6. The van der Waals surface area contributed by atoms with E-state index in [0.29, 0.717) is 36.4 Å². The summed E-state index contributed by atoms with van der Waals surface area (Å²) < 4.78 is 15.1. The summed E-state index contributed by atoms with van der Waals surface area (Å²) in [6.45, 7) is 3.83. The predicted octanol–water partition coefficient (Wildman–Crippen LogP) is 4.12. The Hall–Kier alpha value is -4.53. The molecule has 1 unspecified atom stereocenters. The van der Waals surface area contributed by atoms with Crippen molar-refractivity contribution in [3.05, 3.63) is 105 Å². The Kier molecular flexibility index (Phi) is 6.43. The SMILES string of the molecule is C[C@@H]1CN(c2c(C#N)c(=O)n(C)c3ccc(C#N)nc23)CCN1C(c1ccccc1)c1ccc(F)cc1. The molecule has 0 N–H and O–H groups in total. The van der Waals surface area contributed by atoms with E-state index >= 15 is 0 Å². The third-order valence-corrected chi connectivity index (χ3v) is 7.07. The van der Waals surface area contributed by atoms with Crippen LogP contribution in [-0.2, 0) is 7.05 Å². The second-order valence-corrected chi connectivity index (χ2v) is 9.27. The van der Waals surface area contributed by atoms with Crippen LogP contribution in [0.3, 0.4) is 0 Å². The molecule has 184 valence electrons. The fourth-order valence-corrected chi connectivity index (χ4v) is 5.28. The van der Waals surface area contributed by atoms with Crippen molar-refractivity contribution in [1.82, 2.24) is 14.5 Å². The summed E-state index contributed by atoms with van der Waals surface area (Å²) in [6.07, 6.45) is 0. The molecule has 0 bridgehead atoms. The van der Waals surface area contributed by atoms with Gasteiger partial charge in [-0.25, -0.2) is 9.37 Å². The highest BCUT2D eigenvalue weighted by Crippen LogP contribution is 2.35. The van der Waals surface area contributed by atoms with E-state index in [9.17, 15) is 19.7 Å². The van der Waals surface area contributed by atoms with E-state index in [2.05, 4.69) is 41.1 Å². The number of pyridine rings is 2. The summed E-state index contributed by atoms with van der Waals surface area (Å²) in [6, 6.07) is 24.1. The van der Waals surface area contributed by atoms with Crippen molar-refractivity contribution in [3.63, 3.8) is 0 Å². The number of benzene rings is 2. The van der Waals surface area contributed by atoms with Crippen molar-refractivity contribution in [3.8, 4) is 12.1 Å². The summed E-state index contributed by atoms with van der Waals surface area (Å²) in [5.41, 5.74) is 3.47. The first-order valence-corrected chi connectivity index (χ1v) is 12.1. The minimum absolute atomic E-state index is 0.0220. The topological polar surface area (TPSA) is 88.9 Å². The summed E-state index contributed by atoms with van der Waals surface area (Å²) >= 11 is 0. The van der Waals surface area contributed by atoms with Crippen molar-refractivity contribution in [1.29, 1.82) is 10.5 Å². The molecule has 0 spiro atoms. The fraction of sp³-hybridized carbons (Fsp3) is 0.241. The Morgan fingerprint density at radius 3 is 2.32 bits per heavy atom. The number of fused-ring (bicyclic) bond motifs is 1. The average molecular weight is 493 g/mol. The van der Waals surface area contributed by atoms with Gasteiger partial charge in [0.2, 0.25) is 0 Å². The standard InChI is InChI=1S/C29H25FN6O/c1-19-18-35(28-24(17-32)29(37)34(2)25-13-12-23(16-31)33-26(25)28)14-15-36(19)27(20-6-4-3-5-7-20)21-8-10-22(30)11-9-21/h3-13,19,27H,14-15,18H2,1-2H3/t19-,27?/m1/s1. The van der Waals surface area contributed by atoms with Crippen LogP contribution in [0.15, 0.2) is 71.5 Å². The smallest absolute Gasteiger partial charge is 0.270 e. The van der Waals surface area contributed by atoms with E-state index in [4.69, 9.17) is 0 Å². The molecule has 0 radical (unpaired) electrons. The summed E-state index contributed by atoms with van der Waals surface area (Å²) in [4.78, 5) is 22.0. The van der Waals surface area contributed by atoms with Gasteiger partial charge in [-0.05, 0) is 42.3 Å². The first kappa shape index (κ1) is 24.2. The Morgan fingerprint density at radius 2 is 1.68 bits per heavy atom. The molecule has 1 saturated heterocycles. The lowest BCUT2D eigenvalue weighted by Gasteiger charge is -2.45. The van der Waals surface area contributed by atoms with Crippen LogP contribution < -0.4 is 10.5 Å². The van der Waals surface area contributed by atoms with Gasteiger partial charge in [-0.1, -0.05) is 42.5 Å². The zero-order valence-electron chi connectivity index (χ0n) is 20.6. The maximum atomic E-state index is 13.7. The lowest BCUT2D eigenvalue weighted by molar-refractivity contribution is 0.150. The highest BCUT2D eigenvalue weighted by Gasteiger charge is 2.33. The number of aryl methyl sites for hydroxylation is 1. The average Bonchev–Trinajstić information content (AvgIpc) is 2.93. The molecule has 1 aliphatic heterocycles. The van der Waals surface area contributed by atoms with Crippen molar-refractivity contribution in [2.24, 2.45) is 7.05 Å². The third-order valence-electron chi connectivity index (χ3n) is 7.07. The largest absolute Gasteiger partial charge is 0.366 e. The van der Waals surface area contributed by atoms with Crippen LogP contribution >= 0.6 is 0 Å². The van der Waals surface area contributed by atoms with Crippen LogP contribution in [0.4, 0.5) is 10.1 Å². The maximum Gasteiger partial charge on any atom is 0.270 e. The molecule has 2 aromatic heterocycles. The molecule has 3 heterocycles. The van der Waals surface area contributed by atoms with Crippen molar-refractivity contribution in [2.75, 3.05) is 24.5 Å². The molecule has 4 aromatic rings. The lowest BCUT2D eigenvalue weighted by atomic mass is 9.94. The molecular weight excluding hydrogens is 467 g/mol. The van der Waals surface area contributed by atoms with Crippen LogP contribution in [0.5, 0.6) is 0 Å². The minimum Gasteiger partial charge on any atom is -0.366 e. The summed E-state index contributed by atoms with van der Waals surface area (Å²) in [5.74, 6) is -0.278.